The van der Waals surface area contributed by atoms with Gasteiger partial charge in [0.05, 0.1) is 17.3 Å². The normalized spacial score (nSPS) is 11.8. The van der Waals surface area contributed by atoms with Crippen LogP contribution in [0.5, 0.6) is 5.75 Å². The number of thiazole rings is 1. The van der Waals surface area contributed by atoms with E-state index in [1.165, 1.54) is 0 Å². The molecule has 1 unspecified atom stereocenters. The van der Waals surface area contributed by atoms with Crippen LogP contribution in [0, 0.1) is 0 Å². The second-order valence-electron chi connectivity index (χ2n) is 5.42. The van der Waals surface area contributed by atoms with Crippen LogP contribution in [0.3, 0.4) is 0 Å². The SMILES string of the molecule is CC(Oc1ccccc1Cl)C(=O)NCc1csc(-c2ccccc2)n1. The molecule has 128 valence electrons. The molecule has 3 aromatic rings. The zero-order valence-corrected chi connectivity index (χ0v) is 15.2. The predicted octanol–water partition coefficient (Wildman–Crippen LogP) is 4.55. The molecular weight excluding hydrogens is 356 g/mol. The van der Waals surface area contributed by atoms with Crippen molar-refractivity contribution in [1.82, 2.24) is 10.3 Å². The summed E-state index contributed by atoms with van der Waals surface area (Å²) in [6, 6.07) is 17.0. The highest BCUT2D eigenvalue weighted by atomic mass is 35.5. The smallest absolute Gasteiger partial charge is 0.261 e. The van der Waals surface area contributed by atoms with Crippen molar-refractivity contribution in [3.63, 3.8) is 0 Å². The molecule has 3 rings (SSSR count). The number of nitrogens with one attached hydrogen (secondary N) is 1. The number of carbonyl (C=O) groups is 1. The quantitative estimate of drug-likeness (QED) is 0.690. The third-order valence-electron chi connectivity index (χ3n) is 3.53. The van der Waals surface area contributed by atoms with Gasteiger partial charge in [0.2, 0.25) is 0 Å². The molecule has 0 spiro atoms. The van der Waals surface area contributed by atoms with E-state index in [9.17, 15) is 4.79 Å². The van der Waals surface area contributed by atoms with Crippen LogP contribution < -0.4 is 10.1 Å². The van der Waals surface area contributed by atoms with E-state index in [2.05, 4.69) is 10.3 Å². The lowest BCUT2D eigenvalue weighted by Crippen LogP contribution is -2.36. The summed E-state index contributed by atoms with van der Waals surface area (Å²) in [4.78, 5) is 16.8. The Bertz CT molecular complexity index is 851. The van der Waals surface area contributed by atoms with Crippen molar-refractivity contribution in [3.05, 3.63) is 70.7 Å². The lowest BCUT2D eigenvalue weighted by atomic mass is 10.2. The van der Waals surface area contributed by atoms with E-state index >= 15 is 0 Å². The average molecular weight is 373 g/mol. The Kier molecular flexibility index (Phi) is 5.68. The highest BCUT2D eigenvalue weighted by Crippen LogP contribution is 2.25. The first-order chi connectivity index (χ1) is 12.1. The third-order valence-corrected chi connectivity index (χ3v) is 4.78. The van der Waals surface area contributed by atoms with Crippen LogP contribution >= 0.6 is 22.9 Å². The fourth-order valence-corrected chi connectivity index (χ4v) is 3.21. The maximum Gasteiger partial charge on any atom is 0.261 e. The van der Waals surface area contributed by atoms with Crippen LogP contribution in [0.4, 0.5) is 0 Å². The standard InChI is InChI=1S/C19H17ClN2O2S/c1-13(24-17-10-6-5-9-16(17)20)18(23)21-11-15-12-25-19(22-15)14-7-3-2-4-8-14/h2-10,12-13H,11H2,1H3,(H,21,23). The number of amides is 1. The van der Waals surface area contributed by atoms with E-state index in [-0.39, 0.29) is 5.91 Å². The van der Waals surface area contributed by atoms with Crippen molar-refractivity contribution >= 4 is 28.8 Å². The van der Waals surface area contributed by atoms with Gasteiger partial charge in [0, 0.05) is 10.9 Å². The Hall–Kier alpha value is -2.37. The lowest BCUT2D eigenvalue weighted by Gasteiger charge is -2.15. The molecule has 4 nitrogen and oxygen atoms in total. The topological polar surface area (TPSA) is 51.2 Å². The van der Waals surface area contributed by atoms with Crippen LogP contribution in [0.15, 0.2) is 60.0 Å². The minimum Gasteiger partial charge on any atom is -0.479 e. The largest absolute Gasteiger partial charge is 0.479 e. The summed E-state index contributed by atoms with van der Waals surface area (Å²) < 4.78 is 5.61. The second kappa shape index (κ2) is 8.14. The molecule has 1 aromatic heterocycles. The van der Waals surface area contributed by atoms with Crippen LogP contribution in [0.2, 0.25) is 5.02 Å². The van der Waals surface area contributed by atoms with Gasteiger partial charge < -0.3 is 10.1 Å². The summed E-state index contributed by atoms with van der Waals surface area (Å²) in [7, 11) is 0. The molecule has 0 bridgehead atoms. The van der Waals surface area contributed by atoms with Crippen LogP contribution in [0.1, 0.15) is 12.6 Å². The Morgan fingerprint density at radius 1 is 1.20 bits per heavy atom. The number of para-hydroxylation sites is 1. The van der Waals surface area contributed by atoms with Crippen molar-refractivity contribution in [2.24, 2.45) is 0 Å². The van der Waals surface area contributed by atoms with Gasteiger partial charge in [0.15, 0.2) is 6.10 Å². The number of carbonyl (C=O) groups excluding carboxylic acids is 1. The highest BCUT2D eigenvalue weighted by Gasteiger charge is 2.16. The first-order valence-electron chi connectivity index (χ1n) is 7.82. The molecule has 0 saturated carbocycles. The molecule has 1 amide bonds. The Morgan fingerprint density at radius 2 is 1.92 bits per heavy atom. The first-order valence-corrected chi connectivity index (χ1v) is 9.08. The third kappa shape index (κ3) is 4.59. The molecule has 2 aromatic carbocycles. The number of nitrogens with zero attached hydrogens (tertiary/aromatic N) is 1. The van der Waals surface area contributed by atoms with Gasteiger partial charge in [-0.2, -0.15) is 0 Å². The van der Waals surface area contributed by atoms with Crippen LogP contribution in [0.25, 0.3) is 10.6 Å². The van der Waals surface area contributed by atoms with Gasteiger partial charge in [-0.25, -0.2) is 4.98 Å². The number of hydrogen-bond acceptors (Lipinski definition) is 4. The van der Waals surface area contributed by atoms with Crippen LogP contribution in [-0.2, 0) is 11.3 Å². The fourth-order valence-electron chi connectivity index (χ4n) is 2.21. The molecule has 1 atom stereocenters. The number of benzene rings is 2. The Labute approximate surface area is 155 Å². The van der Waals surface area contributed by atoms with Gasteiger partial charge in [-0.05, 0) is 19.1 Å². The number of halogens is 1. The molecule has 0 saturated heterocycles. The van der Waals surface area contributed by atoms with Crippen molar-refractivity contribution in [1.29, 1.82) is 0 Å². The van der Waals surface area contributed by atoms with Crippen molar-refractivity contribution in [3.8, 4) is 16.3 Å². The number of rotatable bonds is 6. The zero-order chi connectivity index (χ0) is 17.6. The van der Waals surface area contributed by atoms with Gasteiger partial charge in [0.1, 0.15) is 10.8 Å². The van der Waals surface area contributed by atoms with Gasteiger partial charge in [-0.1, -0.05) is 54.1 Å². The molecule has 6 heteroatoms. The van der Waals surface area contributed by atoms with Crippen molar-refractivity contribution in [2.75, 3.05) is 0 Å². The minimum absolute atomic E-state index is 0.214. The summed E-state index contributed by atoms with van der Waals surface area (Å²) >= 11 is 7.60. The van der Waals surface area contributed by atoms with E-state index < -0.39 is 6.10 Å². The lowest BCUT2D eigenvalue weighted by molar-refractivity contribution is -0.127. The molecule has 0 aliphatic rings. The fraction of sp³-hybridized carbons (Fsp3) is 0.158. The maximum atomic E-state index is 12.2. The molecule has 0 fully saturated rings. The highest BCUT2D eigenvalue weighted by molar-refractivity contribution is 7.13. The molecule has 1 N–H and O–H groups in total. The van der Waals surface area contributed by atoms with Crippen LogP contribution in [-0.4, -0.2) is 17.0 Å². The predicted molar refractivity (Wildman–Crippen MR) is 101 cm³/mol. The molecular formula is C19H17ClN2O2S. The number of ether oxygens (including phenoxy) is 1. The van der Waals surface area contributed by atoms with E-state index in [0.717, 1.165) is 16.3 Å². The summed E-state index contributed by atoms with van der Waals surface area (Å²) in [5, 5.41) is 6.20. The molecule has 0 aliphatic heterocycles. The zero-order valence-electron chi connectivity index (χ0n) is 13.6. The molecule has 0 radical (unpaired) electrons. The molecule has 25 heavy (non-hydrogen) atoms. The Balaban J connectivity index is 1.55. The molecule has 0 aliphatic carbocycles. The van der Waals surface area contributed by atoms with E-state index in [4.69, 9.17) is 16.3 Å². The Morgan fingerprint density at radius 3 is 2.68 bits per heavy atom. The summed E-state index contributed by atoms with van der Waals surface area (Å²) in [6.07, 6.45) is -0.646. The van der Waals surface area contributed by atoms with Gasteiger partial charge >= 0.3 is 0 Å². The van der Waals surface area contributed by atoms with E-state index in [1.54, 1.807) is 30.4 Å². The van der Waals surface area contributed by atoms with E-state index in [0.29, 0.717) is 17.3 Å². The van der Waals surface area contributed by atoms with Gasteiger partial charge in [-0.3, -0.25) is 4.79 Å². The minimum atomic E-state index is -0.646. The average Bonchev–Trinajstić information content (AvgIpc) is 3.11. The summed E-state index contributed by atoms with van der Waals surface area (Å²) in [5.74, 6) is 0.279. The first kappa shape index (κ1) is 17.5. The van der Waals surface area contributed by atoms with E-state index in [1.807, 2.05) is 47.8 Å². The number of hydrogen-bond donors (Lipinski definition) is 1. The van der Waals surface area contributed by atoms with Crippen molar-refractivity contribution in [2.45, 2.75) is 19.6 Å². The summed E-state index contributed by atoms with van der Waals surface area (Å²) in [6.45, 7) is 2.05. The second-order valence-corrected chi connectivity index (χ2v) is 6.68. The van der Waals surface area contributed by atoms with Crippen molar-refractivity contribution < 1.29 is 9.53 Å². The summed E-state index contributed by atoms with van der Waals surface area (Å²) in [5.41, 5.74) is 1.89. The number of aromatic nitrogens is 1. The van der Waals surface area contributed by atoms with Gasteiger partial charge in [0.25, 0.3) is 5.91 Å². The van der Waals surface area contributed by atoms with Gasteiger partial charge in [-0.15, -0.1) is 11.3 Å². The maximum absolute atomic E-state index is 12.2. The molecule has 1 heterocycles. The monoisotopic (exact) mass is 372 g/mol.